The van der Waals surface area contributed by atoms with E-state index in [0.29, 0.717) is 16.7 Å². The van der Waals surface area contributed by atoms with Crippen LogP contribution >= 0.6 is 8.53 Å². The fourth-order valence-corrected chi connectivity index (χ4v) is 8.34. The summed E-state index contributed by atoms with van der Waals surface area (Å²) in [5.74, 6) is -0.149. The predicted octanol–water partition coefficient (Wildman–Crippen LogP) is 2.57. The molecule has 38 heavy (non-hydrogen) atoms. The molecule has 0 spiro atoms. The number of aliphatic hydroxyl groups excluding tert-OH is 1. The number of rotatable bonds is 8. The predicted molar refractivity (Wildman–Crippen MR) is 146 cm³/mol. The van der Waals surface area contributed by atoms with Crippen LogP contribution in [0.2, 0.25) is 18.1 Å². The van der Waals surface area contributed by atoms with Gasteiger partial charge in [0.15, 0.2) is 23.2 Å². The Morgan fingerprint density at radius 3 is 2.53 bits per heavy atom. The second-order valence-electron chi connectivity index (χ2n) is 10.8. The van der Waals surface area contributed by atoms with Crippen molar-refractivity contribution in [3.8, 4) is 0 Å². The Morgan fingerprint density at radius 2 is 1.92 bits per heavy atom. The third kappa shape index (κ3) is 4.78. The van der Waals surface area contributed by atoms with E-state index in [2.05, 4.69) is 25.4 Å². The number of aromatic nitrogens is 4. The molecule has 206 valence electrons. The zero-order valence-corrected chi connectivity index (χ0v) is 24.2. The van der Waals surface area contributed by atoms with Crippen LogP contribution in [0.15, 0.2) is 43.0 Å². The van der Waals surface area contributed by atoms with Crippen LogP contribution in [-0.2, 0) is 9.26 Å². The van der Waals surface area contributed by atoms with Gasteiger partial charge in [0.05, 0.1) is 21.0 Å². The van der Waals surface area contributed by atoms with Gasteiger partial charge in [-0.2, -0.15) is 0 Å². The van der Waals surface area contributed by atoms with Gasteiger partial charge in [-0.1, -0.05) is 52.1 Å². The Balaban J connectivity index is 1.82. The number of nitrogens with zero attached hydrogens (tertiary/aromatic N) is 4. The van der Waals surface area contributed by atoms with Gasteiger partial charge < -0.3 is 29.7 Å². The van der Waals surface area contributed by atoms with Crippen LogP contribution in [0.4, 0.5) is 5.82 Å². The molecule has 3 heterocycles. The van der Waals surface area contributed by atoms with E-state index in [9.17, 15) is 19.9 Å². The average Bonchev–Trinajstić information content (AvgIpc) is 3.44. The molecule has 0 saturated carbocycles. The van der Waals surface area contributed by atoms with Crippen LogP contribution < -0.4 is 10.4 Å². The van der Waals surface area contributed by atoms with Crippen molar-refractivity contribution >= 4 is 39.5 Å². The van der Waals surface area contributed by atoms with Crippen LogP contribution in [0.3, 0.4) is 0 Å². The molecular weight excluding hydrogens is 527 g/mol. The van der Waals surface area contributed by atoms with Gasteiger partial charge in [-0.3, -0.25) is 14.4 Å². The lowest BCUT2D eigenvalue weighted by Gasteiger charge is -2.51. The minimum atomic E-state index is -2.78. The summed E-state index contributed by atoms with van der Waals surface area (Å²) in [7, 11) is -3.33. The van der Waals surface area contributed by atoms with Crippen LogP contribution in [0.5, 0.6) is 0 Å². The van der Waals surface area contributed by atoms with E-state index in [-0.39, 0.29) is 16.8 Å². The molecule has 1 saturated heterocycles. The van der Waals surface area contributed by atoms with Gasteiger partial charge in [-0.15, -0.1) is 0 Å². The Hall–Kier alpha value is -2.35. The number of carbonyl (C=O) groups excluding carboxylic acids is 1. The van der Waals surface area contributed by atoms with E-state index < -0.39 is 46.9 Å². The molecule has 1 aromatic carbocycles. The lowest BCUT2D eigenvalue weighted by molar-refractivity contribution is -0.0670. The first-order chi connectivity index (χ1) is 17.9. The molecule has 5 N–H and O–H groups in total. The maximum absolute atomic E-state index is 12.8. The zero-order valence-electron chi connectivity index (χ0n) is 22.3. The highest BCUT2D eigenvalue weighted by Crippen LogP contribution is 2.55. The zero-order chi connectivity index (χ0) is 27.9. The number of anilines is 1. The number of ether oxygens (including phenoxy) is 1. The highest BCUT2D eigenvalue weighted by molar-refractivity contribution is 7.43. The first-order valence-corrected chi connectivity index (χ1v) is 16.4. The van der Waals surface area contributed by atoms with E-state index in [1.807, 2.05) is 39.9 Å². The van der Waals surface area contributed by atoms with E-state index in [1.165, 1.54) is 12.7 Å². The molecule has 0 radical (unpaired) electrons. The molecule has 2 aromatic heterocycles. The minimum absolute atomic E-state index is 0.206. The van der Waals surface area contributed by atoms with Gasteiger partial charge in [0.25, 0.3) is 14.4 Å². The largest absolute Gasteiger partial charge is 0.394 e. The van der Waals surface area contributed by atoms with Crippen molar-refractivity contribution in [2.75, 3.05) is 19.0 Å². The van der Waals surface area contributed by atoms with Gasteiger partial charge in [-0.25, -0.2) is 15.0 Å². The monoisotopic (exact) mass is 562 g/mol. The summed E-state index contributed by atoms with van der Waals surface area (Å²) < 4.78 is 13.8. The number of nitrogens with one attached hydrogen (secondary N) is 2. The summed E-state index contributed by atoms with van der Waals surface area (Å²) in [5.41, 5.74) is 1.09. The van der Waals surface area contributed by atoms with Crippen LogP contribution in [0, 0.1) is 0 Å². The quantitative estimate of drug-likeness (QED) is 0.204. The SMILES string of the molecule is CNP(O)O[C@@H]1[C@@H](CO)O[C@@H](n2cnc3c(NC(=O)c4ccccc4)ncnc32)[C@@]1(O)[Si](C)(C)C(C)(C)C. The van der Waals surface area contributed by atoms with Gasteiger partial charge >= 0.3 is 0 Å². The van der Waals surface area contributed by atoms with E-state index >= 15 is 0 Å². The molecule has 1 unspecified atom stereocenters. The molecule has 0 bridgehead atoms. The van der Waals surface area contributed by atoms with Gasteiger partial charge in [-0.05, 0) is 24.2 Å². The number of amides is 1. The molecule has 5 atom stereocenters. The molecule has 1 aliphatic rings. The topological polar surface area (TPSA) is 164 Å². The molecule has 1 aliphatic heterocycles. The second-order valence-corrected chi connectivity index (χ2v) is 17.6. The normalized spacial score (nSPS) is 25.0. The number of aliphatic hydroxyl groups is 2. The van der Waals surface area contributed by atoms with Crippen LogP contribution in [0.25, 0.3) is 11.2 Å². The first-order valence-electron chi connectivity index (χ1n) is 12.2. The number of hydrogen-bond acceptors (Lipinski definition) is 10. The lowest BCUT2D eigenvalue weighted by Crippen LogP contribution is -2.68. The van der Waals surface area contributed by atoms with Crippen molar-refractivity contribution < 1.29 is 29.2 Å². The number of benzene rings is 1. The summed E-state index contributed by atoms with van der Waals surface area (Å²) in [6.45, 7) is 9.75. The standard InChI is InChI=1S/C24H35N6O6PSi/c1-23(2,3)38(5,6)24(33)18(36-37(34)25-4)16(12-31)35-22(24)30-14-28-17-19(26-13-27-20(17)30)29-21(32)15-10-8-7-9-11-15/h7-11,13-14,16,18,22,25,31,33-34H,12H2,1-6H3,(H,26,27,29,32)/t16-,18-,22-,24+,37?/m1/s1. The Labute approximate surface area is 223 Å². The van der Waals surface area contributed by atoms with Gasteiger partial charge in [0.2, 0.25) is 0 Å². The van der Waals surface area contributed by atoms with Crippen LogP contribution in [0.1, 0.15) is 37.4 Å². The van der Waals surface area contributed by atoms with Gasteiger partial charge in [0.1, 0.15) is 23.8 Å². The van der Waals surface area contributed by atoms with Crippen molar-refractivity contribution in [3.05, 3.63) is 48.5 Å². The maximum atomic E-state index is 12.8. The third-order valence-electron chi connectivity index (χ3n) is 7.79. The molecule has 0 aliphatic carbocycles. The highest BCUT2D eigenvalue weighted by Gasteiger charge is 2.68. The molecule has 3 aromatic rings. The molecular formula is C24H35N6O6PSi. The summed E-state index contributed by atoms with van der Waals surface area (Å²) in [6, 6.07) is 8.73. The smallest absolute Gasteiger partial charge is 0.256 e. The second kappa shape index (κ2) is 10.7. The van der Waals surface area contributed by atoms with Crippen molar-refractivity contribution in [1.29, 1.82) is 0 Å². The minimum Gasteiger partial charge on any atom is -0.394 e. The molecule has 12 nitrogen and oxygen atoms in total. The molecule has 1 fully saturated rings. The van der Waals surface area contributed by atoms with Gasteiger partial charge in [0, 0.05) is 5.56 Å². The van der Waals surface area contributed by atoms with Crippen LogP contribution in [-0.4, -0.2) is 79.7 Å². The fourth-order valence-electron chi connectivity index (χ4n) is 4.64. The summed E-state index contributed by atoms with van der Waals surface area (Å²) >= 11 is 0. The van der Waals surface area contributed by atoms with E-state index in [0.717, 1.165) is 0 Å². The summed E-state index contributed by atoms with van der Waals surface area (Å²) in [4.78, 5) is 36.2. The number of imidazole rings is 1. The van der Waals surface area contributed by atoms with Crippen molar-refractivity contribution in [3.63, 3.8) is 0 Å². The maximum Gasteiger partial charge on any atom is 0.256 e. The summed E-state index contributed by atoms with van der Waals surface area (Å²) in [5, 5.41) is 26.3. The molecule has 4 rings (SSSR count). The lowest BCUT2D eigenvalue weighted by atomic mass is 10.1. The Kier molecular flexibility index (Phi) is 8.04. The summed E-state index contributed by atoms with van der Waals surface area (Å²) in [6.07, 6.45) is -0.257. The van der Waals surface area contributed by atoms with Crippen molar-refractivity contribution in [1.82, 2.24) is 24.6 Å². The van der Waals surface area contributed by atoms with E-state index in [4.69, 9.17) is 9.26 Å². The first kappa shape index (κ1) is 28.6. The third-order valence-corrected chi connectivity index (χ3v) is 14.9. The van der Waals surface area contributed by atoms with Crippen molar-refractivity contribution in [2.24, 2.45) is 0 Å². The Bertz CT molecular complexity index is 1290. The molecule has 1 amide bonds. The Morgan fingerprint density at radius 1 is 1.24 bits per heavy atom. The average molecular weight is 563 g/mol. The molecule has 14 heteroatoms. The number of carbonyl (C=O) groups is 1. The van der Waals surface area contributed by atoms with Crippen molar-refractivity contribution in [2.45, 2.75) is 62.6 Å². The fraction of sp³-hybridized carbons (Fsp3) is 0.500. The number of hydrogen-bond donors (Lipinski definition) is 5. The number of fused-ring (bicyclic) bond motifs is 1. The highest BCUT2D eigenvalue weighted by atomic mass is 31.2. The van der Waals surface area contributed by atoms with E-state index in [1.54, 1.807) is 35.9 Å².